The Bertz CT molecular complexity index is 632. The third kappa shape index (κ3) is 3.44. The summed E-state index contributed by atoms with van der Waals surface area (Å²) in [6, 6.07) is 5.72. The number of sulfone groups is 1. The van der Waals surface area contributed by atoms with Crippen molar-refractivity contribution in [3.05, 3.63) is 40.8 Å². The average Bonchev–Trinajstić information content (AvgIpc) is 2.64. The molecule has 1 atom stereocenters. The molecule has 1 N–H and O–H groups in total. The van der Waals surface area contributed by atoms with E-state index in [0.29, 0.717) is 0 Å². The van der Waals surface area contributed by atoms with Crippen LogP contribution in [0.2, 0.25) is 0 Å². The van der Waals surface area contributed by atoms with Gasteiger partial charge in [-0.2, -0.15) is 0 Å². The minimum Gasteiger partial charge on any atom is -0.326 e. The quantitative estimate of drug-likeness (QED) is 0.922. The number of benzene rings is 1. The van der Waals surface area contributed by atoms with Gasteiger partial charge in [0.05, 0.1) is 5.75 Å². The fourth-order valence-corrected chi connectivity index (χ4v) is 3.49. The molecule has 1 unspecified atom stereocenters. The normalized spacial score (nSPS) is 20.4. The summed E-state index contributed by atoms with van der Waals surface area (Å²) >= 11 is 0. The summed E-state index contributed by atoms with van der Waals surface area (Å²) in [5.74, 6) is -0.330. The number of nitrogens with one attached hydrogen (secondary N) is 1. The topological polar surface area (TPSA) is 63.2 Å². The number of hydrogen-bond acceptors (Lipinski definition) is 3. The number of allylic oxidation sites excluding steroid dienone is 1. The summed E-state index contributed by atoms with van der Waals surface area (Å²) in [6.07, 6.45) is 1.79. The van der Waals surface area contributed by atoms with Crippen molar-refractivity contribution in [2.24, 2.45) is 5.92 Å². The highest BCUT2D eigenvalue weighted by atomic mass is 32.2. The van der Waals surface area contributed by atoms with Crippen LogP contribution in [0.4, 0.5) is 5.69 Å². The van der Waals surface area contributed by atoms with Crippen LogP contribution in [0.3, 0.4) is 0 Å². The average molecular weight is 279 g/mol. The van der Waals surface area contributed by atoms with Gasteiger partial charge in [0.2, 0.25) is 5.91 Å². The predicted molar refractivity (Wildman–Crippen MR) is 75.6 cm³/mol. The molecular weight excluding hydrogens is 262 g/mol. The van der Waals surface area contributed by atoms with E-state index in [4.69, 9.17) is 0 Å². The molecule has 1 aromatic carbocycles. The summed E-state index contributed by atoms with van der Waals surface area (Å²) in [6.45, 7) is 3.93. The maximum Gasteiger partial charge on any atom is 0.225 e. The second kappa shape index (κ2) is 5.17. The molecular formula is C14H17NO3S. The molecule has 1 aromatic rings. The van der Waals surface area contributed by atoms with Gasteiger partial charge in [-0.05, 0) is 31.0 Å². The Morgan fingerprint density at radius 1 is 1.37 bits per heavy atom. The zero-order valence-electron chi connectivity index (χ0n) is 11.0. The minimum absolute atomic E-state index is 0.0349. The highest BCUT2D eigenvalue weighted by molar-refractivity contribution is 7.94. The molecule has 1 amide bonds. The van der Waals surface area contributed by atoms with Crippen LogP contribution in [0.1, 0.15) is 17.5 Å². The zero-order valence-corrected chi connectivity index (χ0v) is 11.8. The third-order valence-electron chi connectivity index (χ3n) is 3.33. The molecule has 4 nitrogen and oxygen atoms in total. The lowest BCUT2D eigenvalue weighted by atomic mass is 10.1. The molecule has 19 heavy (non-hydrogen) atoms. The Morgan fingerprint density at radius 3 is 2.74 bits per heavy atom. The Balaban J connectivity index is 1.99. The standard InChI is InChI=1S/C14H17NO3S/c1-10-4-3-5-13(11(10)2)15-14(16)8-12-6-7-19(17,18)9-12/h3-7,12H,8-9H2,1-2H3,(H,15,16). The molecule has 0 aliphatic carbocycles. The van der Waals surface area contributed by atoms with Crippen LogP contribution in [0.5, 0.6) is 0 Å². The van der Waals surface area contributed by atoms with E-state index in [9.17, 15) is 13.2 Å². The highest BCUT2D eigenvalue weighted by Gasteiger charge is 2.23. The maximum atomic E-state index is 11.9. The first-order valence-corrected chi connectivity index (χ1v) is 7.86. The lowest BCUT2D eigenvalue weighted by Gasteiger charge is -2.11. The largest absolute Gasteiger partial charge is 0.326 e. The number of hydrogen-bond donors (Lipinski definition) is 1. The number of aryl methyl sites for hydroxylation is 1. The van der Waals surface area contributed by atoms with E-state index in [0.717, 1.165) is 16.8 Å². The molecule has 0 fully saturated rings. The second-order valence-corrected chi connectivity index (χ2v) is 6.85. The van der Waals surface area contributed by atoms with Crippen molar-refractivity contribution in [2.75, 3.05) is 11.1 Å². The lowest BCUT2D eigenvalue weighted by Crippen LogP contribution is -2.18. The van der Waals surface area contributed by atoms with Gasteiger partial charge in [-0.15, -0.1) is 0 Å². The van der Waals surface area contributed by atoms with Gasteiger partial charge in [-0.1, -0.05) is 18.2 Å². The molecule has 1 heterocycles. The van der Waals surface area contributed by atoms with Crippen LogP contribution in [0, 0.1) is 19.8 Å². The molecule has 5 heteroatoms. The van der Waals surface area contributed by atoms with Crippen molar-refractivity contribution in [1.82, 2.24) is 0 Å². The maximum absolute atomic E-state index is 11.9. The van der Waals surface area contributed by atoms with Crippen LogP contribution in [0.25, 0.3) is 0 Å². The molecule has 0 saturated carbocycles. The molecule has 0 radical (unpaired) electrons. The summed E-state index contributed by atoms with van der Waals surface area (Å²) in [5, 5.41) is 4.03. The SMILES string of the molecule is Cc1cccc(NC(=O)CC2C=CS(=O)(=O)C2)c1C. The summed E-state index contributed by atoms with van der Waals surface area (Å²) < 4.78 is 22.5. The molecule has 0 bridgehead atoms. The van der Waals surface area contributed by atoms with Gasteiger partial charge in [-0.3, -0.25) is 4.79 Å². The van der Waals surface area contributed by atoms with E-state index >= 15 is 0 Å². The summed E-state index contributed by atoms with van der Waals surface area (Å²) in [5.41, 5.74) is 2.93. The van der Waals surface area contributed by atoms with Gasteiger partial charge >= 0.3 is 0 Å². The van der Waals surface area contributed by atoms with Crippen LogP contribution in [0.15, 0.2) is 29.7 Å². The van der Waals surface area contributed by atoms with Crippen molar-refractivity contribution in [2.45, 2.75) is 20.3 Å². The predicted octanol–water partition coefficient (Wildman–Crippen LogP) is 2.19. The Morgan fingerprint density at radius 2 is 2.11 bits per heavy atom. The Hall–Kier alpha value is -1.62. The van der Waals surface area contributed by atoms with Crippen molar-refractivity contribution in [3.63, 3.8) is 0 Å². The number of amides is 1. The fraction of sp³-hybridized carbons (Fsp3) is 0.357. The van der Waals surface area contributed by atoms with Crippen molar-refractivity contribution in [1.29, 1.82) is 0 Å². The molecule has 102 valence electrons. The van der Waals surface area contributed by atoms with Gasteiger partial charge in [0, 0.05) is 23.4 Å². The van der Waals surface area contributed by atoms with E-state index in [1.54, 1.807) is 6.08 Å². The first-order valence-electron chi connectivity index (χ1n) is 6.14. The monoisotopic (exact) mass is 279 g/mol. The first-order chi connectivity index (χ1) is 8.87. The zero-order chi connectivity index (χ0) is 14.0. The second-order valence-electron chi connectivity index (χ2n) is 4.92. The van der Waals surface area contributed by atoms with Crippen LogP contribution in [-0.4, -0.2) is 20.1 Å². The van der Waals surface area contributed by atoms with Crippen LogP contribution in [-0.2, 0) is 14.6 Å². The minimum atomic E-state index is -3.09. The molecule has 1 aliphatic heterocycles. The van der Waals surface area contributed by atoms with Crippen LogP contribution < -0.4 is 5.32 Å². The highest BCUT2D eigenvalue weighted by Crippen LogP contribution is 2.21. The van der Waals surface area contributed by atoms with Crippen molar-refractivity contribution < 1.29 is 13.2 Å². The molecule has 0 saturated heterocycles. The molecule has 1 aliphatic rings. The van der Waals surface area contributed by atoms with Gasteiger partial charge < -0.3 is 5.32 Å². The van der Waals surface area contributed by atoms with E-state index in [1.165, 1.54) is 5.41 Å². The van der Waals surface area contributed by atoms with E-state index in [-0.39, 0.29) is 24.0 Å². The Kier molecular flexibility index (Phi) is 3.75. The smallest absolute Gasteiger partial charge is 0.225 e. The molecule has 0 spiro atoms. The first kappa shape index (κ1) is 13.8. The fourth-order valence-electron chi connectivity index (χ4n) is 2.09. The van der Waals surface area contributed by atoms with E-state index in [2.05, 4.69) is 5.32 Å². The lowest BCUT2D eigenvalue weighted by molar-refractivity contribution is -0.116. The van der Waals surface area contributed by atoms with Crippen LogP contribution >= 0.6 is 0 Å². The Labute approximate surface area is 113 Å². The molecule has 0 aromatic heterocycles. The third-order valence-corrected chi connectivity index (χ3v) is 4.80. The van der Waals surface area contributed by atoms with Gasteiger partial charge in [-0.25, -0.2) is 8.42 Å². The van der Waals surface area contributed by atoms with E-state index in [1.807, 2.05) is 32.0 Å². The number of anilines is 1. The summed E-state index contributed by atoms with van der Waals surface area (Å²) in [7, 11) is -3.09. The van der Waals surface area contributed by atoms with Gasteiger partial charge in [0.15, 0.2) is 9.84 Å². The van der Waals surface area contributed by atoms with Gasteiger partial charge in [0.1, 0.15) is 0 Å². The number of carbonyl (C=O) groups is 1. The van der Waals surface area contributed by atoms with Gasteiger partial charge in [0.25, 0.3) is 0 Å². The summed E-state index contributed by atoms with van der Waals surface area (Å²) in [4.78, 5) is 11.9. The van der Waals surface area contributed by atoms with E-state index < -0.39 is 9.84 Å². The number of rotatable bonds is 3. The van der Waals surface area contributed by atoms with Crippen molar-refractivity contribution >= 4 is 21.4 Å². The number of carbonyl (C=O) groups excluding carboxylic acids is 1. The molecule has 2 rings (SSSR count). The van der Waals surface area contributed by atoms with Crippen molar-refractivity contribution in [3.8, 4) is 0 Å².